The molecule has 0 saturated carbocycles. The lowest BCUT2D eigenvalue weighted by atomic mass is 9.92. The molecule has 1 fully saturated rings. The van der Waals surface area contributed by atoms with Crippen LogP contribution >= 0.6 is 24.0 Å². The molecule has 1 N–H and O–H groups in total. The van der Waals surface area contributed by atoms with Crippen molar-refractivity contribution in [3.05, 3.63) is 24.2 Å². The number of rotatable bonds is 4. The zero-order valence-electron chi connectivity index (χ0n) is 13.3. The van der Waals surface area contributed by atoms with Crippen molar-refractivity contribution in [3.63, 3.8) is 0 Å². The van der Waals surface area contributed by atoms with Crippen LogP contribution in [-0.2, 0) is 6.42 Å². The van der Waals surface area contributed by atoms with Gasteiger partial charge in [-0.05, 0) is 37.3 Å². The molecule has 0 aromatic carbocycles. The Morgan fingerprint density at radius 2 is 2.10 bits per heavy atom. The van der Waals surface area contributed by atoms with Crippen LogP contribution in [0.15, 0.2) is 27.8 Å². The van der Waals surface area contributed by atoms with Gasteiger partial charge in [-0.3, -0.25) is 4.99 Å². The normalized spacial score (nSPS) is 22.8. The van der Waals surface area contributed by atoms with E-state index < -0.39 is 0 Å². The molecule has 1 aliphatic rings. The van der Waals surface area contributed by atoms with Crippen molar-refractivity contribution >= 4 is 29.9 Å². The van der Waals surface area contributed by atoms with Gasteiger partial charge in [0.25, 0.3) is 0 Å². The second kappa shape index (κ2) is 9.33. The number of nitrogens with one attached hydrogen (secondary N) is 1. The van der Waals surface area contributed by atoms with E-state index in [1.165, 1.54) is 6.42 Å². The first-order chi connectivity index (χ1) is 9.69. The zero-order valence-corrected chi connectivity index (χ0v) is 15.7. The number of hydrogen-bond acceptors (Lipinski definition) is 2. The Labute approximate surface area is 145 Å². The molecule has 1 aromatic rings. The molecule has 4 nitrogen and oxygen atoms in total. The Morgan fingerprint density at radius 3 is 2.67 bits per heavy atom. The summed E-state index contributed by atoms with van der Waals surface area (Å²) in [5.74, 6) is 3.54. The molecule has 5 heteroatoms. The molecular formula is C16H28IN3O. The summed E-state index contributed by atoms with van der Waals surface area (Å²) in [4.78, 5) is 7.16. The first-order valence-electron chi connectivity index (χ1n) is 7.74. The van der Waals surface area contributed by atoms with Gasteiger partial charge in [0.05, 0.1) is 6.26 Å². The van der Waals surface area contributed by atoms with Gasteiger partial charge >= 0.3 is 0 Å². The molecule has 120 valence electrons. The van der Waals surface area contributed by atoms with Gasteiger partial charge in [0.15, 0.2) is 5.96 Å². The van der Waals surface area contributed by atoms with E-state index in [1.54, 1.807) is 6.26 Å². The summed E-state index contributed by atoms with van der Waals surface area (Å²) in [6, 6.07) is 3.94. The molecule has 1 aliphatic heterocycles. The molecule has 2 unspecified atom stereocenters. The number of furan rings is 1. The van der Waals surface area contributed by atoms with E-state index in [-0.39, 0.29) is 24.0 Å². The lowest BCUT2D eigenvalue weighted by molar-refractivity contribution is 0.208. The van der Waals surface area contributed by atoms with E-state index in [2.05, 4.69) is 31.0 Å². The van der Waals surface area contributed by atoms with Crippen LogP contribution in [-0.4, -0.2) is 37.0 Å². The van der Waals surface area contributed by atoms with Crippen LogP contribution in [0.3, 0.4) is 0 Å². The summed E-state index contributed by atoms with van der Waals surface area (Å²) in [6.07, 6.45) is 3.90. The molecule has 0 bridgehead atoms. The highest BCUT2D eigenvalue weighted by atomic mass is 127. The number of guanidine groups is 1. The predicted molar refractivity (Wildman–Crippen MR) is 98.3 cm³/mol. The van der Waals surface area contributed by atoms with Crippen LogP contribution in [0.1, 0.15) is 33.0 Å². The van der Waals surface area contributed by atoms with Gasteiger partial charge in [-0.2, -0.15) is 0 Å². The van der Waals surface area contributed by atoms with Gasteiger partial charge in [-0.25, -0.2) is 0 Å². The summed E-state index contributed by atoms with van der Waals surface area (Å²) < 4.78 is 5.35. The van der Waals surface area contributed by atoms with Gasteiger partial charge in [-0.15, -0.1) is 24.0 Å². The van der Waals surface area contributed by atoms with E-state index in [4.69, 9.17) is 9.41 Å². The molecule has 1 saturated heterocycles. The molecular weight excluding hydrogens is 377 g/mol. The number of hydrogen-bond donors (Lipinski definition) is 1. The van der Waals surface area contributed by atoms with Crippen molar-refractivity contribution in [2.45, 2.75) is 33.6 Å². The molecule has 1 aromatic heterocycles. The van der Waals surface area contributed by atoms with Gasteiger partial charge < -0.3 is 14.6 Å². The van der Waals surface area contributed by atoms with E-state index in [9.17, 15) is 0 Å². The third kappa shape index (κ3) is 5.88. The van der Waals surface area contributed by atoms with Crippen LogP contribution in [0.2, 0.25) is 0 Å². The van der Waals surface area contributed by atoms with E-state index >= 15 is 0 Å². The highest BCUT2D eigenvalue weighted by Crippen LogP contribution is 2.20. The third-order valence-corrected chi connectivity index (χ3v) is 3.70. The number of halogens is 1. The molecule has 0 aliphatic carbocycles. The van der Waals surface area contributed by atoms with E-state index in [0.717, 1.165) is 56.2 Å². The summed E-state index contributed by atoms with van der Waals surface area (Å²) >= 11 is 0. The fourth-order valence-corrected chi connectivity index (χ4v) is 2.99. The van der Waals surface area contributed by atoms with Gasteiger partial charge in [-0.1, -0.05) is 13.8 Å². The highest BCUT2D eigenvalue weighted by molar-refractivity contribution is 14.0. The molecule has 0 radical (unpaired) electrons. The number of nitrogens with zero attached hydrogens (tertiary/aromatic N) is 2. The Hall–Kier alpha value is -0.720. The molecule has 2 rings (SSSR count). The highest BCUT2D eigenvalue weighted by Gasteiger charge is 2.23. The predicted octanol–water partition coefficient (Wildman–Crippen LogP) is 3.38. The topological polar surface area (TPSA) is 40.8 Å². The first-order valence-corrected chi connectivity index (χ1v) is 7.74. The molecule has 2 atom stereocenters. The van der Waals surface area contributed by atoms with E-state index in [0.29, 0.717) is 0 Å². The van der Waals surface area contributed by atoms with Gasteiger partial charge in [0.1, 0.15) is 5.76 Å². The SMILES string of the molecule is CCNC(=NCCc1ccco1)N1CC(C)CC(C)C1.I. The van der Waals surface area contributed by atoms with Gasteiger partial charge in [0, 0.05) is 32.6 Å². The minimum atomic E-state index is 0. The van der Waals surface area contributed by atoms with Crippen molar-refractivity contribution in [3.8, 4) is 0 Å². The summed E-state index contributed by atoms with van der Waals surface area (Å²) in [6.45, 7) is 10.7. The first kappa shape index (κ1) is 18.3. The minimum absolute atomic E-state index is 0. The quantitative estimate of drug-likeness (QED) is 0.475. The lowest BCUT2D eigenvalue weighted by Gasteiger charge is -2.37. The maximum Gasteiger partial charge on any atom is 0.193 e. The van der Waals surface area contributed by atoms with Crippen molar-refractivity contribution in [2.24, 2.45) is 16.8 Å². The summed E-state index contributed by atoms with van der Waals surface area (Å²) in [7, 11) is 0. The van der Waals surface area contributed by atoms with Crippen molar-refractivity contribution < 1.29 is 4.42 Å². The number of likely N-dealkylation sites (tertiary alicyclic amines) is 1. The standard InChI is InChI=1S/C16H27N3O.HI/c1-4-17-16(18-8-7-15-6-5-9-20-15)19-11-13(2)10-14(3)12-19;/h5-6,9,13-14H,4,7-8,10-12H2,1-3H3,(H,17,18);1H. The number of piperidine rings is 1. The molecule has 0 amide bonds. The van der Waals surface area contributed by atoms with Crippen LogP contribution in [0.4, 0.5) is 0 Å². The minimum Gasteiger partial charge on any atom is -0.469 e. The summed E-state index contributed by atoms with van der Waals surface area (Å²) in [5.41, 5.74) is 0. The fraction of sp³-hybridized carbons (Fsp3) is 0.688. The fourth-order valence-electron chi connectivity index (χ4n) is 2.99. The van der Waals surface area contributed by atoms with E-state index in [1.807, 2.05) is 12.1 Å². The van der Waals surface area contributed by atoms with Crippen molar-refractivity contribution in [1.29, 1.82) is 0 Å². The maximum atomic E-state index is 5.35. The Bertz CT molecular complexity index is 409. The third-order valence-electron chi connectivity index (χ3n) is 3.70. The smallest absolute Gasteiger partial charge is 0.193 e. The largest absolute Gasteiger partial charge is 0.469 e. The average molecular weight is 405 g/mol. The second-order valence-electron chi connectivity index (χ2n) is 5.92. The van der Waals surface area contributed by atoms with Crippen LogP contribution in [0, 0.1) is 11.8 Å². The molecule has 21 heavy (non-hydrogen) atoms. The lowest BCUT2D eigenvalue weighted by Crippen LogP contribution is -2.48. The average Bonchev–Trinajstić information content (AvgIpc) is 2.89. The van der Waals surface area contributed by atoms with Crippen LogP contribution in [0.5, 0.6) is 0 Å². The molecule has 2 heterocycles. The second-order valence-corrected chi connectivity index (χ2v) is 5.92. The van der Waals surface area contributed by atoms with Crippen LogP contribution in [0.25, 0.3) is 0 Å². The monoisotopic (exact) mass is 405 g/mol. The van der Waals surface area contributed by atoms with Gasteiger partial charge in [0.2, 0.25) is 0 Å². The zero-order chi connectivity index (χ0) is 14.4. The van der Waals surface area contributed by atoms with Crippen LogP contribution < -0.4 is 5.32 Å². The maximum absolute atomic E-state index is 5.35. The molecule has 0 spiro atoms. The number of aliphatic imine (C=N–C) groups is 1. The van der Waals surface area contributed by atoms with Crippen molar-refractivity contribution in [2.75, 3.05) is 26.2 Å². The summed E-state index contributed by atoms with van der Waals surface area (Å²) in [5, 5.41) is 3.42. The Balaban J connectivity index is 0.00000220. The van der Waals surface area contributed by atoms with Crippen molar-refractivity contribution in [1.82, 2.24) is 10.2 Å². The Kier molecular flexibility index (Phi) is 8.14. The Morgan fingerprint density at radius 1 is 1.38 bits per heavy atom.